The van der Waals surface area contributed by atoms with E-state index in [2.05, 4.69) is 10.6 Å². The average Bonchev–Trinajstić information content (AvgIpc) is 2.87. The number of benzene rings is 1. The first-order valence-corrected chi connectivity index (χ1v) is 9.70. The van der Waals surface area contributed by atoms with E-state index < -0.39 is 27.5 Å². The first kappa shape index (κ1) is 18.6. The van der Waals surface area contributed by atoms with E-state index in [0.29, 0.717) is 18.7 Å². The molecule has 2 aliphatic rings. The minimum Gasteiger partial charge on any atom is -0.496 e. The molecule has 0 spiro atoms. The highest BCUT2D eigenvalue weighted by molar-refractivity contribution is 7.89. The molecule has 3 amide bonds. The monoisotopic (exact) mass is 382 g/mol. The van der Waals surface area contributed by atoms with Gasteiger partial charge in [-0.05, 0) is 38.0 Å². The summed E-state index contributed by atoms with van der Waals surface area (Å²) in [5, 5.41) is 4.69. The van der Waals surface area contributed by atoms with Gasteiger partial charge in [0.1, 0.15) is 11.3 Å². The number of nitrogens with two attached hydrogens (primary N) is 1. The highest BCUT2D eigenvalue weighted by Gasteiger charge is 2.46. The van der Waals surface area contributed by atoms with E-state index in [0.717, 1.165) is 6.42 Å². The number of nitrogens with zero attached hydrogens (tertiary/aromatic N) is 1. The Labute approximate surface area is 151 Å². The van der Waals surface area contributed by atoms with Crippen LogP contribution < -0.4 is 21.1 Å². The normalized spacial score (nSPS) is 27.1. The Morgan fingerprint density at radius 2 is 2.08 bits per heavy atom. The number of piperidine rings is 1. The van der Waals surface area contributed by atoms with Gasteiger partial charge >= 0.3 is 6.03 Å². The van der Waals surface area contributed by atoms with E-state index in [4.69, 9.17) is 10.5 Å². The summed E-state index contributed by atoms with van der Waals surface area (Å²) < 4.78 is 32.6. The number of nitrogens with one attached hydrogen (secondary N) is 2. The maximum absolute atomic E-state index is 13.0. The smallest absolute Gasteiger partial charge is 0.322 e. The number of imide groups is 1. The molecular formula is C16H22N4O5S. The standard InChI is InChI=1S/C16H22N4O5S/c1-16(14(21)18-15(22)19-16)12-8-11(5-6-13(12)25-2)26(23,24)20-7-3-4-10(17)9-20/h5-6,8,10H,3-4,7,9,17H2,1-2H3,(H2,18,19,21,22). The predicted molar refractivity (Wildman–Crippen MR) is 93.0 cm³/mol. The SMILES string of the molecule is COc1ccc(S(=O)(=O)N2CCCC(N)C2)cc1C1(C)NC(=O)NC1=O. The summed E-state index contributed by atoms with van der Waals surface area (Å²) >= 11 is 0. The number of methoxy groups -OCH3 is 1. The zero-order chi connectivity index (χ0) is 19.1. The molecule has 0 aromatic heterocycles. The van der Waals surface area contributed by atoms with Crippen molar-refractivity contribution in [2.24, 2.45) is 5.73 Å². The van der Waals surface area contributed by atoms with E-state index in [1.54, 1.807) is 0 Å². The van der Waals surface area contributed by atoms with Crippen LogP contribution in [0.3, 0.4) is 0 Å². The first-order valence-electron chi connectivity index (χ1n) is 8.26. The van der Waals surface area contributed by atoms with Crippen LogP contribution in [0.2, 0.25) is 0 Å². The van der Waals surface area contributed by atoms with Gasteiger partial charge < -0.3 is 15.8 Å². The van der Waals surface area contributed by atoms with Crippen molar-refractivity contribution in [2.45, 2.75) is 36.2 Å². The first-order chi connectivity index (χ1) is 12.2. The third-order valence-electron chi connectivity index (χ3n) is 4.81. The molecule has 0 saturated carbocycles. The molecule has 1 aromatic carbocycles. The molecule has 0 radical (unpaired) electrons. The van der Waals surface area contributed by atoms with Crippen LogP contribution in [-0.2, 0) is 20.4 Å². The van der Waals surface area contributed by atoms with Crippen LogP contribution in [0.15, 0.2) is 23.1 Å². The third kappa shape index (κ3) is 3.04. The van der Waals surface area contributed by atoms with Crippen LogP contribution in [0, 0.1) is 0 Å². The molecule has 142 valence electrons. The molecule has 4 N–H and O–H groups in total. The van der Waals surface area contributed by atoms with Crippen molar-refractivity contribution < 1.29 is 22.7 Å². The van der Waals surface area contributed by atoms with Crippen molar-refractivity contribution in [1.29, 1.82) is 0 Å². The molecule has 2 aliphatic heterocycles. The van der Waals surface area contributed by atoms with E-state index in [1.165, 1.54) is 36.5 Å². The molecule has 2 unspecified atom stereocenters. The van der Waals surface area contributed by atoms with Gasteiger partial charge in [0.2, 0.25) is 10.0 Å². The molecule has 0 aliphatic carbocycles. The third-order valence-corrected chi connectivity index (χ3v) is 6.67. The fraction of sp³-hybridized carbons (Fsp3) is 0.500. The second-order valence-electron chi connectivity index (χ2n) is 6.66. The second-order valence-corrected chi connectivity index (χ2v) is 8.60. The van der Waals surface area contributed by atoms with Crippen molar-refractivity contribution in [2.75, 3.05) is 20.2 Å². The number of rotatable bonds is 4. The molecule has 0 bridgehead atoms. The number of carbonyl (C=O) groups excluding carboxylic acids is 2. The highest BCUT2D eigenvalue weighted by atomic mass is 32.2. The second kappa shape index (κ2) is 6.53. The molecule has 2 saturated heterocycles. The largest absolute Gasteiger partial charge is 0.496 e. The quantitative estimate of drug-likeness (QED) is 0.621. The molecule has 2 fully saturated rings. The summed E-state index contributed by atoms with van der Waals surface area (Å²) in [7, 11) is -2.36. The van der Waals surface area contributed by atoms with Crippen molar-refractivity contribution in [3.8, 4) is 5.75 Å². The van der Waals surface area contributed by atoms with E-state index in [9.17, 15) is 18.0 Å². The number of ether oxygens (including phenoxy) is 1. The summed E-state index contributed by atoms with van der Waals surface area (Å²) in [5.41, 5.74) is 4.75. The van der Waals surface area contributed by atoms with Crippen LogP contribution in [0.1, 0.15) is 25.3 Å². The molecule has 9 nitrogen and oxygen atoms in total. The Balaban J connectivity index is 2.05. The van der Waals surface area contributed by atoms with E-state index >= 15 is 0 Å². The summed E-state index contributed by atoms with van der Waals surface area (Å²) in [4.78, 5) is 23.9. The topological polar surface area (TPSA) is 131 Å². The fourth-order valence-electron chi connectivity index (χ4n) is 3.31. The molecular weight excluding hydrogens is 360 g/mol. The maximum atomic E-state index is 13.0. The number of hydrogen-bond acceptors (Lipinski definition) is 6. The van der Waals surface area contributed by atoms with Crippen LogP contribution in [0.25, 0.3) is 0 Å². The Kier molecular flexibility index (Phi) is 4.67. The number of sulfonamides is 1. The highest BCUT2D eigenvalue weighted by Crippen LogP contribution is 2.35. The Bertz CT molecular complexity index is 856. The maximum Gasteiger partial charge on any atom is 0.322 e. The lowest BCUT2D eigenvalue weighted by Gasteiger charge is -2.30. The minimum atomic E-state index is -3.78. The van der Waals surface area contributed by atoms with E-state index in [1.807, 2.05) is 0 Å². The molecule has 1 aromatic rings. The van der Waals surface area contributed by atoms with Crippen molar-refractivity contribution in [1.82, 2.24) is 14.9 Å². The lowest BCUT2D eigenvalue weighted by atomic mass is 9.91. The lowest BCUT2D eigenvalue weighted by molar-refractivity contribution is -0.123. The van der Waals surface area contributed by atoms with Crippen LogP contribution in [-0.4, -0.2) is 50.9 Å². The van der Waals surface area contributed by atoms with Gasteiger partial charge in [-0.1, -0.05) is 0 Å². The van der Waals surface area contributed by atoms with Gasteiger partial charge in [-0.3, -0.25) is 10.1 Å². The zero-order valence-corrected chi connectivity index (χ0v) is 15.4. The van der Waals surface area contributed by atoms with Gasteiger partial charge in [-0.15, -0.1) is 0 Å². The van der Waals surface area contributed by atoms with Crippen LogP contribution in [0.4, 0.5) is 4.79 Å². The zero-order valence-electron chi connectivity index (χ0n) is 14.6. The molecule has 10 heteroatoms. The van der Waals surface area contributed by atoms with Gasteiger partial charge in [-0.25, -0.2) is 13.2 Å². The number of urea groups is 1. The van der Waals surface area contributed by atoms with Gasteiger partial charge in [0.05, 0.1) is 12.0 Å². The number of amides is 3. The Hall–Kier alpha value is -2.17. The van der Waals surface area contributed by atoms with E-state index in [-0.39, 0.29) is 23.0 Å². The van der Waals surface area contributed by atoms with Crippen molar-refractivity contribution >= 4 is 22.0 Å². The summed E-state index contributed by atoms with van der Waals surface area (Å²) in [6.07, 6.45) is 1.48. The van der Waals surface area contributed by atoms with Gasteiger partial charge in [0.15, 0.2) is 0 Å². The van der Waals surface area contributed by atoms with Gasteiger partial charge in [-0.2, -0.15) is 4.31 Å². The number of hydrogen-bond donors (Lipinski definition) is 3. The summed E-state index contributed by atoms with van der Waals surface area (Å²) in [6.45, 7) is 2.14. The van der Waals surface area contributed by atoms with Crippen LogP contribution >= 0.6 is 0 Å². The predicted octanol–water partition coefficient (Wildman–Crippen LogP) is -0.138. The van der Waals surface area contributed by atoms with Crippen molar-refractivity contribution in [3.63, 3.8) is 0 Å². The van der Waals surface area contributed by atoms with Crippen molar-refractivity contribution in [3.05, 3.63) is 23.8 Å². The summed E-state index contributed by atoms with van der Waals surface area (Å²) in [6, 6.07) is 3.44. The summed E-state index contributed by atoms with van der Waals surface area (Å²) in [5.74, 6) is -0.269. The molecule has 26 heavy (non-hydrogen) atoms. The Morgan fingerprint density at radius 3 is 2.65 bits per heavy atom. The average molecular weight is 382 g/mol. The number of carbonyl (C=O) groups is 2. The Morgan fingerprint density at radius 1 is 1.35 bits per heavy atom. The van der Waals surface area contributed by atoms with Gasteiger partial charge in [0.25, 0.3) is 5.91 Å². The minimum absolute atomic E-state index is 0.0255. The lowest BCUT2D eigenvalue weighted by Crippen LogP contribution is -2.45. The molecule has 3 rings (SSSR count). The van der Waals surface area contributed by atoms with Gasteiger partial charge in [0, 0.05) is 24.7 Å². The molecule has 2 atom stereocenters. The molecule has 2 heterocycles. The fourth-order valence-corrected chi connectivity index (χ4v) is 4.87. The van der Waals surface area contributed by atoms with Crippen LogP contribution in [0.5, 0.6) is 5.75 Å².